The Morgan fingerprint density at radius 1 is 1.25 bits per heavy atom. The molecule has 0 aliphatic rings. The van der Waals surface area contributed by atoms with E-state index in [1.54, 1.807) is 19.1 Å². The molecular formula is C14H18N2O4. The van der Waals surface area contributed by atoms with Gasteiger partial charge in [-0.25, -0.2) is 0 Å². The number of carbonyl (C=O) groups is 3. The van der Waals surface area contributed by atoms with Crippen LogP contribution in [0.2, 0.25) is 0 Å². The fourth-order valence-electron chi connectivity index (χ4n) is 1.64. The van der Waals surface area contributed by atoms with Crippen molar-refractivity contribution in [1.29, 1.82) is 0 Å². The van der Waals surface area contributed by atoms with Gasteiger partial charge < -0.3 is 15.8 Å². The lowest BCUT2D eigenvalue weighted by Crippen LogP contribution is -2.46. The highest BCUT2D eigenvalue weighted by Gasteiger charge is 2.22. The van der Waals surface area contributed by atoms with E-state index < -0.39 is 17.9 Å². The molecule has 0 spiro atoms. The zero-order valence-corrected chi connectivity index (χ0v) is 11.3. The molecule has 1 aromatic rings. The fourth-order valence-corrected chi connectivity index (χ4v) is 1.64. The maximum Gasteiger partial charge on any atom is 0.308 e. The minimum atomic E-state index is -1.05. The fraction of sp³-hybridized carbons (Fsp3) is 0.357. The predicted molar refractivity (Wildman–Crippen MR) is 72.5 cm³/mol. The number of amides is 2. The zero-order chi connectivity index (χ0) is 15.0. The van der Waals surface area contributed by atoms with E-state index in [0.29, 0.717) is 0 Å². The Kier molecular flexibility index (Phi) is 6.22. The van der Waals surface area contributed by atoms with Crippen LogP contribution in [0.3, 0.4) is 0 Å². The Labute approximate surface area is 117 Å². The third-order valence-corrected chi connectivity index (χ3v) is 2.56. The van der Waals surface area contributed by atoms with Crippen molar-refractivity contribution >= 4 is 17.8 Å². The summed E-state index contributed by atoms with van der Waals surface area (Å²) in [6, 6.07) is 8.01. The molecule has 0 saturated carbocycles. The van der Waals surface area contributed by atoms with Gasteiger partial charge in [0.2, 0.25) is 11.8 Å². The van der Waals surface area contributed by atoms with Crippen LogP contribution in [0.5, 0.6) is 0 Å². The smallest absolute Gasteiger partial charge is 0.308 e. The molecule has 1 aromatic carbocycles. The van der Waals surface area contributed by atoms with Gasteiger partial charge in [0.25, 0.3) is 0 Å². The molecule has 1 rings (SSSR count). The highest BCUT2D eigenvalue weighted by Crippen LogP contribution is 2.01. The van der Waals surface area contributed by atoms with Crippen LogP contribution < -0.4 is 11.1 Å². The Morgan fingerprint density at radius 3 is 2.45 bits per heavy atom. The third kappa shape index (κ3) is 5.51. The lowest BCUT2D eigenvalue weighted by molar-refractivity contribution is -0.145. The molecule has 0 aliphatic heterocycles. The molecule has 3 N–H and O–H groups in total. The molecule has 6 nitrogen and oxygen atoms in total. The molecule has 1 atom stereocenters. The highest BCUT2D eigenvalue weighted by atomic mass is 16.5. The highest BCUT2D eigenvalue weighted by molar-refractivity contribution is 5.90. The molecule has 0 radical (unpaired) electrons. The van der Waals surface area contributed by atoms with E-state index >= 15 is 0 Å². The van der Waals surface area contributed by atoms with Gasteiger partial charge in [-0.3, -0.25) is 14.4 Å². The van der Waals surface area contributed by atoms with Gasteiger partial charge in [0.1, 0.15) is 6.04 Å². The number of primary amides is 1. The van der Waals surface area contributed by atoms with Crippen molar-refractivity contribution in [2.24, 2.45) is 5.73 Å². The van der Waals surface area contributed by atoms with E-state index in [4.69, 9.17) is 10.5 Å². The molecule has 108 valence electrons. The number of benzene rings is 1. The first-order valence-corrected chi connectivity index (χ1v) is 6.31. The third-order valence-electron chi connectivity index (χ3n) is 2.56. The van der Waals surface area contributed by atoms with E-state index in [1.165, 1.54) is 0 Å². The van der Waals surface area contributed by atoms with Gasteiger partial charge in [-0.1, -0.05) is 30.3 Å². The molecule has 6 heteroatoms. The Morgan fingerprint density at radius 2 is 1.90 bits per heavy atom. The van der Waals surface area contributed by atoms with Crippen LogP contribution in [0.25, 0.3) is 0 Å². The van der Waals surface area contributed by atoms with Crippen molar-refractivity contribution in [1.82, 2.24) is 5.32 Å². The SMILES string of the molecule is CCOC(=O)C[C@H](NC(=O)Cc1ccccc1)C(N)=O. The molecule has 0 bridgehead atoms. The second kappa shape index (κ2) is 7.93. The largest absolute Gasteiger partial charge is 0.466 e. The second-order valence-electron chi connectivity index (χ2n) is 4.19. The Hall–Kier alpha value is -2.37. The van der Waals surface area contributed by atoms with E-state index in [1.807, 2.05) is 18.2 Å². The van der Waals surface area contributed by atoms with Crippen molar-refractivity contribution < 1.29 is 19.1 Å². The van der Waals surface area contributed by atoms with Gasteiger partial charge in [-0.05, 0) is 12.5 Å². The summed E-state index contributed by atoms with van der Waals surface area (Å²) >= 11 is 0. The maximum atomic E-state index is 11.8. The van der Waals surface area contributed by atoms with Crippen LogP contribution in [-0.4, -0.2) is 30.4 Å². The van der Waals surface area contributed by atoms with Crippen LogP contribution in [0.15, 0.2) is 30.3 Å². The van der Waals surface area contributed by atoms with E-state index in [9.17, 15) is 14.4 Å². The van der Waals surface area contributed by atoms with Crippen LogP contribution in [0.1, 0.15) is 18.9 Å². The first-order chi connectivity index (χ1) is 9.52. The van der Waals surface area contributed by atoms with Crippen molar-refractivity contribution in [2.45, 2.75) is 25.8 Å². The average molecular weight is 278 g/mol. The summed E-state index contributed by atoms with van der Waals surface area (Å²) in [7, 11) is 0. The Bertz CT molecular complexity index is 473. The summed E-state index contributed by atoms with van der Waals surface area (Å²) in [4.78, 5) is 34.3. The number of ether oxygens (including phenoxy) is 1. The summed E-state index contributed by atoms with van der Waals surface area (Å²) in [6.07, 6.45) is -0.142. The predicted octanol–water partition coefficient (Wildman–Crippen LogP) is 0.152. The number of nitrogens with one attached hydrogen (secondary N) is 1. The normalized spacial score (nSPS) is 11.4. The van der Waals surface area contributed by atoms with E-state index in [0.717, 1.165) is 5.56 Å². The quantitative estimate of drug-likeness (QED) is 0.694. The maximum absolute atomic E-state index is 11.8. The molecule has 0 heterocycles. The monoisotopic (exact) mass is 278 g/mol. The standard InChI is InChI=1S/C14H18N2O4/c1-2-20-13(18)9-11(14(15)19)16-12(17)8-10-6-4-3-5-7-10/h3-7,11H,2,8-9H2,1H3,(H2,15,19)(H,16,17)/t11-/m0/s1. The summed E-state index contributed by atoms with van der Waals surface area (Å²) in [5.74, 6) is -1.71. The molecule has 0 aliphatic carbocycles. The minimum Gasteiger partial charge on any atom is -0.466 e. The van der Waals surface area contributed by atoms with Crippen molar-refractivity contribution in [3.05, 3.63) is 35.9 Å². The van der Waals surface area contributed by atoms with Gasteiger partial charge in [0, 0.05) is 0 Å². The zero-order valence-electron chi connectivity index (χ0n) is 11.3. The minimum absolute atomic E-state index is 0.118. The second-order valence-corrected chi connectivity index (χ2v) is 4.19. The first kappa shape index (κ1) is 15.7. The summed E-state index contributed by atoms with van der Waals surface area (Å²) < 4.78 is 4.72. The van der Waals surface area contributed by atoms with Gasteiger partial charge in [-0.2, -0.15) is 0 Å². The lowest BCUT2D eigenvalue weighted by atomic mass is 10.1. The average Bonchev–Trinajstić information content (AvgIpc) is 2.39. The summed E-state index contributed by atoms with van der Waals surface area (Å²) in [5, 5.41) is 2.44. The van der Waals surface area contributed by atoms with Crippen molar-refractivity contribution in [3.8, 4) is 0 Å². The molecule has 0 fully saturated rings. The van der Waals surface area contributed by atoms with Crippen LogP contribution >= 0.6 is 0 Å². The van der Waals surface area contributed by atoms with Gasteiger partial charge >= 0.3 is 5.97 Å². The van der Waals surface area contributed by atoms with Crippen molar-refractivity contribution in [3.63, 3.8) is 0 Å². The number of hydrogen-bond donors (Lipinski definition) is 2. The Balaban J connectivity index is 2.55. The number of nitrogens with two attached hydrogens (primary N) is 1. The molecular weight excluding hydrogens is 260 g/mol. The first-order valence-electron chi connectivity index (χ1n) is 6.31. The molecule has 0 saturated heterocycles. The van der Waals surface area contributed by atoms with Crippen molar-refractivity contribution in [2.75, 3.05) is 6.61 Å². The number of esters is 1. The van der Waals surface area contributed by atoms with E-state index in [-0.39, 0.29) is 25.4 Å². The molecule has 20 heavy (non-hydrogen) atoms. The van der Waals surface area contributed by atoms with Gasteiger partial charge in [0.05, 0.1) is 19.4 Å². The summed E-state index contributed by atoms with van der Waals surface area (Å²) in [6.45, 7) is 1.87. The van der Waals surface area contributed by atoms with Crippen LogP contribution in [0.4, 0.5) is 0 Å². The summed E-state index contributed by atoms with van der Waals surface area (Å²) in [5.41, 5.74) is 5.97. The molecule has 2 amide bonds. The van der Waals surface area contributed by atoms with Crippen LogP contribution in [0, 0.1) is 0 Å². The molecule has 0 unspecified atom stereocenters. The topological polar surface area (TPSA) is 98.5 Å². The molecule has 0 aromatic heterocycles. The number of rotatable bonds is 7. The number of hydrogen-bond acceptors (Lipinski definition) is 4. The van der Waals surface area contributed by atoms with E-state index in [2.05, 4.69) is 5.32 Å². The van der Waals surface area contributed by atoms with Crippen LogP contribution in [-0.2, 0) is 25.5 Å². The number of carbonyl (C=O) groups excluding carboxylic acids is 3. The lowest BCUT2D eigenvalue weighted by Gasteiger charge is -2.14. The van der Waals surface area contributed by atoms with Gasteiger partial charge in [-0.15, -0.1) is 0 Å². The van der Waals surface area contributed by atoms with Gasteiger partial charge in [0.15, 0.2) is 0 Å².